The fraction of sp³-hybridized carbons (Fsp3) is 0.150. The molecule has 1 aromatic heterocycles. The van der Waals surface area contributed by atoms with Crippen molar-refractivity contribution in [2.75, 3.05) is 0 Å². The van der Waals surface area contributed by atoms with Gasteiger partial charge in [0.1, 0.15) is 5.76 Å². The predicted molar refractivity (Wildman–Crippen MR) is 112 cm³/mol. The molecule has 1 unspecified atom stereocenters. The molecule has 0 spiro atoms. The highest BCUT2D eigenvalue weighted by atomic mass is 35.5. The van der Waals surface area contributed by atoms with Crippen molar-refractivity contribution in [3.63, 3.8) is 0 Å². The van der Waals surface area contributed by atoms with Crippen LogP contribution in [-0.2, 0) is 16.6 Å². The molecule has 152 valence electrons. The Morgan fingerprint density at radius 1 is 1.10 bits per heavy atom. The van der Waals surface area contributed by atoms with Gasteiger partial charge in [0, 0.05) is 15.6 Å². The van der Waals surface area contributed by atoms with Crippen LogP contribution in [0, 0.1) is 0 Å². The Labute approximate surface area is 178 Å². The van der Waals surface area contributed by atoms with Gasteiger partial charge in [-0.1, -0.05) is 29.3 Å². The van der Waals surface area contributed by atoms with E-state index in [1.165, 1.54) is 30.5 Å². The zero-order chi connectivity index (χ0) is 21.0. The van der Waals surface area contributed by atoms with Gasteiger partial charge in [-0.05, 0) is 61.0 Å². The van der Waals surface area contributed by atoms with E-state index in [-0.39, 0.29) is 23.4 Å². The van der Waals surface area contributed by atoms with Gasteiger partial charge in [0.25, 0.3) is 5.91 Å². The number of hydrogen-bond donors (Lipinski definition) is 2. The average Bonchev–Trinajstić information content (AvgIpc) is 3.20. The Morgan fingerprint density at radius 3 is 2.45 bits per heavy atom. The SMILES string of the molecule is CC(NC(=O)c1ccc(S(=O)(=O)NCc2ccco2)cc1)c1ccc(Cl)cc1Cl. The maximum atomic E-state index is 12.5. The lowest BCUT2D eigenvalue weighted by atomic mass is 10.1. The van der Waals surface area contributed by atoms with Crippen LogP contribution in [0.4, 0.5) is 0 Å². The molecule has 29 heavy (non-hydrogen) atoms. The van der Waals surface area contributed by atoms with Crippen LogP contribution in [0.2, 0.25) is 10.0 Å². The van der Waals surface area contributed by atoms with Crippen molar-refractivity contribution in [1.29, 1.82) is 0 Å². The minimum absolute atomic E-state index is 0.0386. The number of rotatable bonds is 7. The van der Waals surface area contributed by atoms with Crippen LogP contribution in [0.25, 0.3) is 0 Å². The first-order valence-corrected chi connectivity index (χ1v) is 10.9. The second kappa shape index (κ2) is 9.00. The van der Waals surface area contributed by atoms with E-state index in [2.05, 4.69) is 10.0 Å². The number of nitrogens with one attached hydrogen (secondary N) is 2. The first kappa shape index (κ1) is 21.4. The van der Waals surface area contributed by atoms with Gasteiger partial charge in [0.05, 0.1) is 23.7 Å². The molecule has 0 radical (unpaired) electrons. The highest BCUT2D eigenvalue weighted by Gasteiger charge is 2.17. The first-order chi connectivity index (χ1) is 13.8. The van der Waals surface area contributed by atoms with Crippen LogP contribution in [0.15, 0.2) is 70.2 Å². The van der Waals surface area contributed by atoms with E-state index in [4.69, 9.17) is 27.6 Å². The third-order valence-electron chi connectivity index (χ3n) is 4.22. The van der Waals surface area contributed by atoms with E-state index >= 15 is 0 Å². The molecule has 3 aromatic rings. The Hall–Kier alpha value is -2.32. The maximum absolute atomic E-state index is 12.5. The number of halogens is 2. The predicted octanol–water partition coefficient (Wildman–Crippen LogP) is 4.56. The highest BCUT2D eigenvalue weighted by Crippen LogP contribution is 2.26. The van der Waals surface area contributed by atoms with Crippen molar-refractivity contribution >= 4 is 39.1 Å². The average molecular weight is 453 g/mol. The van der Waals surface area contributed by atoms with Crippen molar-refractivity contribution in [3.8, 4) is 0 Å². The molecule has 3 rings (SSSR count). The summed E-state index contributed by atoms with van der Waals surface area (Å²) in [6.07, 6.45) is 1.47. The minimum Gasteiger partial charge on any atom is -0.468 e. The number of carbonyl (C=O) groups excluding carboxylic acids is 1. The topological polar surface area (TPSA) is 88.4 Å². The van der Waals surface area contributed by atoms with E-state index in [0.29, 0.717) is 21.4 Å². The summed E-state index contributed by atoms with van der Waals surface area (Å²) in [4.78, 5) is 12.5. The number of amides is 1. The Kier molecular flexibility index (Phi) is 6.64. The second-order valence-corrected chi connectivity index (χ2v) is 8.90. The van der Waals surface area contributed by atoms with Gasteiger partial charge in [-0.15, -0.1) is 0 Å². The Balaban J connectivity index is 1.66. The van der Waals surface area contributed by atoms with Gasteiger partial charge in [-0.2, -0.15) is 0 Å². The quantitative estimate of drug-likeness (QED) is 0.549. The number of hydrogen-bond acceptors (Lipinski definition) is 4. The van der Waals surface area contributed by atoms with E-state index in [0.717, 1.165) is 5.56 Å². The van der Waals surface area contributed by atoms with Crippen molar-refractivity contribution in [2.45, 2.75) is 24.4 Å². The van der Waals surface area contributed by atoms with Crippen LogP contribution in [0.3, 0.4) is 0 Å². The summed E-state index contributed by atoms with van der Waals surface area (Å²) in [5.74, 6) is 0.149. The zero-order valence-corrected chi connectivity index (χ0v) is 17.7. The van der Waals surface area contributed by atoms with Crippen LogP contribution < -0.4 is 10.0 Å². The lowest BCUT2D eigenvalue weighted by molar-refractivity contribution is 0.0940. The van der Waals surface area contributed by atoms with Gasteiger partial charge in [-0.25, -0.2) is 13.1 Å². The number of benzene rings is 2. The van der Waals surface area contributed by atoms with Crippen molar-refractivity contribution < 1.29 is 17.6 Å². The molecule has 0 aliphatic rings. The highest BCUT2D eigenvalue weighted by molar-refractivity contribution is 7.89. The van der Waals surface area contributed by atoms with Crippen molar-refractivity contribution in [2.24, 2.45) is 0 Å². The first-order valence-electron chi connectivity index (χ1n) is 8.64. The summed E-state index contributed by atoms with van der Waals surface area (Å²) < 4.78 is 32.3. The molecule has 0 fully saturated rings. The fourth-order valence-electron chi connectivity index (χ4n) is 2.66. The normalized spacial score (nSPS) is 12.5. The third kappa shape index (κ3) is 5.39. The third-order valence-corrected chi connectivity index (χ3v) is 6.20. The molecule has 0 bridgehead atoms. The van der Waals surface area contributed by atoms with E-state index in [1.807, 2.05) is 0 Å². The van der Waals surface area contributed by atoms with Gasteiger partial charge in [-0.3, -0.25) is 4.79 Å². The number of carbonyl (C=O) groups is 1. The molecule has 2 aromatic carbocycles. The van der Waals surface area contributed by atoms with Crippen LogP contribution >= 0.6 is 23.2 Å². The monoisotopic (exact) mass is 452 g/mol. The van der Waals surface area contributed by atoms with Crippen LogP contribution in [0.1, 0.15) is 34.6 Å². The second-order valence-electron chi connectivity index (χ2n) is 6.29. The van der Waals surface area contributed by atoms with Crippen molar-refractivity contribution in [3.05, 3.63) is 87.8 Å². The molecule has 1 atom stereocenters. The van der Waals surface area contributed by atoms with Gasteiger partial charge < -0.3 is 9.73 Å². The lowest BCUT2D eigenvalue weighted by Gasteiger charge is -2.16. The molecule has 6 nitrogen and oxygen atoms in total. The van der Waals surface area contributed by atoms with Gasteiger partial charge in [0.15, 0.2) is 0 Å². The zero-order valence-electron chi connectivity index (χ0n) is 15.4. The Morgan fingerprint density at radius 2 is 1.83 bits per heavy atom. The minimum atomic E-state index is -3.73. The summed E-state index contributed by atoms with van der Waals surface area (Å²) in [6.45, 7) is 1.83. The van der Waals surface area contributed by atoms with Crippen molar-refractivity contribution in [1.82, 2.24) is 10.0 Å². The van der Waals surface area contributed by atoms with Gasteiger partial charge in [0.2, 0.25) is 10.0 Å². The number of sulfonamides is 1. The lowest BCUT2D eigenvalue weighted by Crippen LogP contribution is -2.27. The van der Waals surface area contributed by atoms with E-state index in [1.54, 1.807) is 37.3 Å². The molecule has 9 heteroatoms. The molecular formula is C20H18Cl2N2O4S. The largest absolute Gasteiger partial charge is 0.468 e. The van der Waals surface area contributed by atoms with E-state index < -0.39 is 10.0 Å². The smallest absolute Gasteiger partial charge is 0.251 e. The molecule has 1 amide bonds. The standard InChI is InChI=1S/C20H18Cl2N2O4S/c1-13(18-9-6-15(21)11-19(18)22)24-20(25)14-4-7-17(8-5-14)29(26,27)23-12-16-3-2-10-28-16/h2-11,13,23H,12H2,1H3,(H,24,25). The molecule has 0 aliphatic carbocycles. The molecule has 0 saturated heterocycles. The fourth-order valence-corrected chi connectivity index (χ4v) is 4.22. The van der Waals surface area contributed by atoms with Crippen LogP contribution in [-0.4, -0.2) is 14.3 Å². The maximum Gasteiger partial charge on any atom is 0.251 e. The molecule has 2 N–H and O–H groups in total. The van der Waals surface area contributed by atoms with Gasteiger partial charge >= 0.3 is 0 Å². The number of furan rings is 1. The Bertz CT molecular complexity index is 1100. The van der Waals surface area contributed by atoms with Crippen LogP contribution in [0.5, 0.6) is 0 Å². The summed E-state index contributed by atoms with van der Waals surface area (Å²) in [6, 6.07) is 13.7. The summed E-state index contributed by atoms with van der Waals surface area (Å²) >= 11 is 12.1. The molecule has 0 saturated carbocycles. The molecule has 1 heterocycles. The molecular weight excluding hydrogens is 435 g/mol. The summed E-state index contributed by atoms with van der Waals surface area (Å²) in [7, 11) is -3.73. The van der Waals surface area contributed by atoms with E-state index in [9.17, 15) is 13.2 Å². The molecule has 0 aliphatic heterocycles. The summed E-state index contributed by atoms with van der Waals surface area (Å²) in [5, 5.41) is 3.79. The summed E-state index contributed by atoms with van der Waals surface area (Å²) in [5.41, 5.74) is 1.05.